The third kappa shape index (κ3) is 2.44. The summed E-state index contributed by atoms with van der Waals surface area (Å²) in [4.78, 5) is 33.3. The van der Waals surface area contributed by atoms with E-state index in [1.165, 1.54) is 32.7 Å². The van der Waals surface area contributed by atoms with Gasteiger partial charge >= 0.3 is 0 Å². The molecule has 0 saturated heterocycles. The van der Waals surface area contributed by atoms with Gasteiger partial charge in [-0.25, -0.2) is 9.97 Å². The van der Waals surface area contributed by atoms with E-state index in [9.17, 15) is 9.59 Å². The van der Waals surface area contributed by atoms with Crippen molar-refractivity contribution in [2.75, 3.05) is 14.2 Å². The SMILES string of the molecule is COc1cnc(OC)c(-c2c[nH]c(=O)c(C(N)=O)c2)n1. The van der Waals surface area contributed by atoms with Crippen molar-refractivity contribution in [3.8, 4) is 23.0 Å². The van der Waals surface area contributed by atoms with Crippen LogP contribution < -0.4 is 20.8 Å². The Labute approximate surface area is 113 Å². The highest BCUT2D eigenvalue weighted by Crippen LogP contribution is 2.27. The molecular weight excluding hydrogens is 264 g/mol. The fraction of sp³-hybridized carbons (Fsp3) is 0.167. The molecule has 8 nitrogen and oxygen atoms in total. The minimum atomic E-state index is -0.831. The molecule has 2 heterocycles. The lowest BCUT2D eigenvalue weighted by Gasteiger charge is -2.08. The topological polar surface area (TPSA) is 120 Å². The van der Waals surface area contributed by atoms with E-state index in [4.69, 9.17) is 15.2 Å². The van der Waals surface area contributed by atoms with E-state index >= 15 is 0 Å². The van der Waals surface area contributed by atoms with Crippen LogP contribution in [0.1, 0.15) is 10.4 Å². The average Bonchev–Trinajstić information content (AvgIpc) is 2.46. The molecule has 0 radical (unpaired) electrons. The standard InChI is InChI=1S/C12H12N4O4/c1-19-8-5-15-12(20-2)9(16-8)6-3-7(10(13)17)11(18)14-4-6/h3-5H,1-2H3,(H2,13,17)(H,14,18). The molecule has 0 aliphatic rings. The molecule has 0 aliphatic carbocycles. The lowest BCUT2D eigenvalue weighted by Crippen LogP contribution is -2.23. The highest BCUT2D eigenvalue weighted by Gasteiger charge is 2.15. The number of ether oxygens (including phenoxy) is 2. The zero-order valence-electron chi connectivity index (χ0n) is 10.8. The second-order valence-electron chi connectivity index (χ2n) is 3.77. The molecule has 0 unspecified atom stereocenters. The molecule has 2 aromatic heterocycles. The smallest absolute Gasteiger partial charge is 0.260 e. The van der Waals surface area contributed by atoms with Crippen LogP contribution in [0.15, 0.2) is 23.3 Å². The molecule has 8 heteroatoms. The minimum absolute atomic E-state index is 0.172. The summed E-state index contributed by atoms with van der Waals surface area (Å²) in [6.07, 6.45) is 2.78. The van der Waals surface area contributed by atoms with Gasteiger partial charge in [0.1, 0.15) is 11.3 Å². The molecule has 0 bridgehead atoms. The zero-order valence-corrected chi connectivity index (χ0v) is 10.8. The Morgan fingerprint density at radius 1 is 1.35 bits per heavy atom. The van der Waals surface area contributed by atoms with E-state index in [2.05, 4.69) is 15.0 Å². The first kappa shape index (κ1) is 13.5. The lowest BCUT2D eigenvalue weighted by molar-refractivity contribution is 0.0999. The summed E-state index contributed by atoms with van der Waals surface area (Å²) in [6.45, 7) is 0. The second-order valence-corrected chi connectivity index (χ2v) is 3.77. The number of carbonyl (C=O) groups is 1. The molecule has 0 aromatic carbocycles. The van der Waals surface area contributed by atoms with Crippen LogP contribution in [0.3, 0.4) is 0 Å². The Bertz CT molecular complexity index is 711. The second kappa shape index (κ2) is 5.39. The maximum atomic E-state index is 11.5. The van der Waals surface area contributed by atoms with E-state index in [0.717, 1.165) is 0 Å². The number of carbonyl (C=O) groups excluding carboxylic acids is 1. The molecule has 3 N–H and O–H groups in total. The van der Waals surface area contributed by atoms with Crippen molar-refractivity contribution < 1.29 is 14.3 Å². The average molecular weight is 276 g/mol. The number of nitrogens with zero attached hydrogens (tertiary/aromatic N) is 2. The van der Waals surface area contributed by atoms with Crippen molar-refractivity contribution in [2.45, 2.75) is 0 Å². The van der Waals surface area contributed by atoms with Crippen LogP contribution in [0, 0.1) is 0 Å². The van der Waals surface area contributed by atoms with Crippen LogP contribution in [0.4, 0.5) is 0 Å². The number of primary amides is 1. The molecule has 2 aromatic rings. The number of aromatic nitrogens is 3. The first-order valence-electron chi connectivity index (χ1n) is 5.54. The molecule has 20 heavy (non-hydrogen) atoms. The highest BCUT2D eigenvalue weighted by molar-refractivity contribution is 5.93. The van der Waals surface area contributed by atoms with Crippen molar-refractivity contribution in [1.29, 1.82) is 0 Å². The number of rotatable bonds is 4. The maximum Gasteiger partial charge on any atom is 0.260 e. The first-order valence-corrected chi connectivity index (χ1v) is 5.54. The van der Waals surface area contributed by atoms with Gasteiger partial charge in [-0.05, 0) is 6.07 Å². The number of pyridine rings is 1. The zero-order chi connectivity index (χ0) is 14.7. The number of H-pyrrole nitrogens is 1. The molecule has 1 amide bonds. The molecule has 2 rings (SSSR count). The van der Waals surface area contributed by atoms with Crippen molar-refractivity contribution >= 4 is 5.91 Å². The normalized spacial score (nSPS) is 10.1. The number of amides is 1. The molecule has 0 fully saturated rings. The van der Waals surface area contributed by atoms with Gasteiger partial charge in [-0.1, -0.05) is 0 Å². The number of nitrogens with two attached hydrogens (primary N) is 1. The third-order valence-electron chi connectivity index (χ3n) is 2.56. The van der Waals surface area contributed by atoms with Gasteiger partial charge in [-0.15, -0.1) is 0 Å². The highest BCUT2D eigenvalue weighted by atomic mass is 16.5. The molecule has 0 saturated carbocycles. The Balaban J connectivity index is 2.64. The number of aromatic amines is 1. The largest absolute Gasteiger partial charge is 0.480 e. The minimum Gasteiger partial charge on any atom is -0.480 e. The van der Waals surface area contributed by atoms with Gasteiger partial charge in [-0.3, -0.25) is 9.59 Å². The summed E-state index contributed by atoms with van der Waals surface area (Å²) < 4.78 is 10.1. The predicted octanol–water partition coefficient (Wildman–Crippen LogP) is -0.0520. The molecule has 0 atom stereocenters. The summed E-state index contributed by atoms with van der Waals surface area (Å²) in [5.74, 6) is -0.330. The van der Waals surface area contributed by atoms with E-state index in [1.54, 1.807) is 0 Å². The Kier molecular flexibility index (Phi) is 3.65. The quantitative estimate of drug-likeness (QED) is 0.807. The predicted molar refractivity (Wildman–Crippen MR) is 69.7 cm³/mol. The van der Waals surface area contributed by atoms with E-state index in [0.29, 0.717) is 11.3 Å². The number of methoxy groups -OCH3 is 2. The van der Waals surface area contributed by atoms with Gasteiger partial charge in [-0.2, -0.15) is 0 Å². The monoisotopic (exact) mass is 276 g/mol. The number of nitrogens with one attached hydrogen (secondary N) is 1. The Morgan fingerprint density at radius 2 is 2.10 bits per heavy atom. The molecule has 0 spiro atoms. The third-order valence-corrected chi connectivity index (χ3v) is 2.56. The van der Waals surface area contributed by atoms with Crippen LogP contribution in [0.2, 0.25) is 0 Å². The van der Waals surface area contributed by atoms with E-state index < -0.39 is 11.5 Å². The Morgan fingerprint density at radius 3 is 2.70 bits per heavy atom. The Hall–Kier alpha value is -2.90. The van der Waals surface area contributed by atoms with Crippen molar-refractivity contribution in [1.82, 2.24) is 15.0 Å². The van der Waals surface area contributed by atoms with Crippen LogP contribution in [0.5, 0.6) is 11.8 Å². The summed E-state index contributed by atoms with van der Waals surface area (Å²) in [7, 11) is 2.88. The van der Waals surface area contributed by atoms with Gasteiger partial charge in [0.2, 0.25) is 11.8 Å². The summed E-state index contributed by atoms with van der Waals surface area (Å²) in [5, 5.41) is 0. The summed E-state index contributed by atoms with van der Waals surface area (Å²) in [5.41, 5.74) is 5.15. The van der Waals surface area contributed by atoms with Crippen LogP contribution >= 0.6 is 0 Å². The van der Waals surface area contributed by atoms with Crippen molar-refractivity contribution in [3.05, 3.63) is 34.4 Å². The van der Waals surface area contributed by atoms with E-state index in [1.807, 2.05) is 0 Å². The number of hydrogen-bond acceptors (Lipinski definition) is 6. The van der Waals surface area contributed by atoms with E-state index in [-0.39, 0.29) is 17.3 Å². The van der Waals surface area contributed by atoms with Gasteiger partial charge in [0.15, 0.2) is 0 Å². The molecular formula is C12H12N4O4. The van der Waals surface area contributed by atoms with Gasteiger partial charge in [0.05, 0.1) is 20.4 Å². The lowest BCUT2D eigenvalue weighted by atomic mass is 10.1. The molecule has 0 aliphatic heterocycles. The van der Waals surface area contributed by atoms with Crippen LogP contribution in [-0.4, -0.2) is 35.1 Å². The molecule has 104 valence electrons. The fourth-order valence-electron chi connectivity index (χ4n) is 1.60. The van der Waals surface area contributed by atoms with Crippen molar-refractivity contribution in [2.24, 2.45) is 5.73 Å². The summed E-state index contributed by atoms with van der Waals surface area (Å²) >= 11 is 0. The summed E-state index contributed by atoms with van der Waals surface area (Å²) in [6, 6.07) is 1.33. The maximum absolute atomic E-state index is 11.5. The first-order chi connectivity index (χ1) is 9.56. The van der Waals surface area contributed by atoms with Crippen LogP contribution in [0.25, 0.3) is 11.3 Å². The van der Waals surface area contributed by atoms with Crippen LogP contribution in [-0.2, 0) is 0 Å². The van der Waals surface area contributed by atoms with Gasteiger partial charge in [0, 0.05) is 11.8 Å². The van der Waals surface area contributed by atoms with Gasteiger partial charge in [0.25, 0.3) is 11.5 Å². The number of hydrogen-bond donors (Lipinski definition) is 2. The van der Waals surface area contributed by atoms with Gasteiger partial charge < -0.3 is 20.2 Å². The fourth-order valence-corrected chi connectivity index (χ4v) is 1.60. The van der Waals surface area contributed by atoms with Crippen molar-refractivity contribution in [3.63, 3.8) is 0 Å².